The fourth-order valence-corrected chi connectivity index (χ4v) is 2.78. The fraction of sp³-hybridized carbons (Fsp3) is 0.533. The zero-order valence-electron chi connectivity index (χ0n) is 11.0. The Labute approximate surface area is 113 Å². The monoisotopic (exact) mass is 258 g/mol. The Balaban J connectivity index is 1.55. The lowest BCUT2D eigenvalue weighted by Gasteiger charge is -2.37. The number of likely N-dealkylation sites (tertiary alicyclic amines) is 1. The van der Waals surface area contributed by atoms with Crippen LogP contribution in [0.15, 0.2) is 24.3 Å². The molecule has 3 rings (SSSR count). The van der Waals surface area contributed by atoms with E-state index in [0.717, 1.165) is 45.7 Å². The van der Waals surface area contributed by atoms with Crippen LogP contribution in [0.3, 0.4) is 0 Å². The first kappa shape index (κ1) is 12.6. The highest BCUT2D eigenvalue weighted by Gasteiger charge is 2.39. The summed E-state index contributed by atoms with van der Waals surface area (Å²) in [5, 5.41) is 8.78. The summed E-state index contributed by atoms with van der Waals surface area (Å²) >= 11 is 0. The largest absolute Gasteiger partial charge is 0.347 e. The second kappa shape index (κ2) is 5.30. The summed E-state index contributed by atoms with van der Waals surface area (Å²) in [6, 6.07) is 9.97. The summed E-state index contributed by atoms with van der Waals surface area (Å²) in [6.45, 7) is 4.40. The van der Waals surface area contributed by atoms with Crippen LogP contribution in [-0.2, 0) is 16.0 Å². The van der Waals surface area contributed by atoms with Gasteiger partial charge in [0.05, 0.1) is 24.8 Å². The van der Waals surface area contributed by atoms with E-state index in [1.807, 2.05) is 24.3 Å². The maximum atomic E-state index is 8.78. The zero-order valence-corrected chi connectivity index (χ0v) is 11.0. The van der Waals surface area contributed by atoms with Crippen molar-refractivity contribution < 1.29 is 9.47 Å². The van der Waals surface area contributed by atoms with Crippen molar-refractivity contribution in [3.05, 3.63) is 35.4 Å². The van der Waals surface area contributed by atoms with E-state index >= 15 is 0 Å². The van der Waals surface area contributed by atoms with Crippen LogP contribution in [0.25, 0.3) is 0 Å². The molecule has 0 unspecified atom stereocenters. The minimum Gasteiger partial charge on any atom is -0.347 e. The van der Waals surface area contributed by atoms with Gasteiger partial charge in [0, 0.05) is 32.5 Å². The van der Waals surface area contributed by atoms with Crippen LogP contribution in [0.2, 0.25) is 0 Å². The molecule has 0 aliphatic carbocycles. The van der Waals surface area contributed by atoms with E-state index in [9.17, 15) is 0 Å². The molecule has 0 N–H and O–H groups in total. The molecule has 19 heavy (non-hydrogen) atoms. The van der Waals surface area contributed by atoms with Crippen molar-refractivity contribution in [3.8, 4) is 6.07 Å². The predicted molar refractivity (Wildman–Crippen MR) is 70.3 cm³/mol. The van der Waals surface area contributed by atoms with Crippen LogP contribution < -0.4 is 0 Å². The van der Waals surface area contributed by atoms with Gasteiger partial charge in [-0.3, -0.25) is 4.90 Å². The quantitative estimate of drug-likeness (QED) is 0.812. The summed E-state index contributed by atoms with van der Waals surface area (Å²) < 4.78 is 11.5. The summed E-state index contributed by atoms with van der Waals surface area (Å²) in [4.78, 5) is 2.41. The van der Waals surface area contributed by atoms with Crippen molar-refractivity contribution >= 4 is 0 Å². The van der Waals surface area contributed by atoms with Gasteiger partial charge in [-0.15, -0.1) is 0 Å². The molecule has 4 heteroatoms. The second-order valence-corrected chi connectivity index (χ2v) is 5.19. The predicted octanol–water partition coefficient (Wildman–Crippen LogP) is 1.90. The van der Waals surface area contributed by atoms with Gasteiger partial charge in [-0.1, -0.05) is 12.1 Å². The van der Waals surface area contributed by atoms with Gasteiger partial charge in [-0.05, 0) is 17.7 Å². The van der Waals surface area contributed by atoms with Gasteiger partial charge in [0.2, 0.25) is 0 Å². The first-order chi connectivity index (χ1) is 9.30. The highest BCUT2D eigenvalue weighted by molar-refractivity contribution is 5.31. The molecule has 1 aromatic carbocycles. The SMILES string of the molecule is N#Cc1ccc(CN2CCC3(CC2)OCCO3)cc1. The Kier molecular flexibility index (Phi) is 3.52. The summed E-state index contributed by atoms with van der Waals surface area (Å²) in [7, 11) is 0. The molecule has 0 aromatic heterocycles. The van der Waals surface area contributed by atoms with Gasteiger partial charge in [-0.25, -0.2) is 0 Å². The van der Waals surface area contributed by atoms with Crippen molar-refractivity contribution in [2.24, 2.45) is 0 Å². The minimum atomic E-state index is -0.291. The number of piperidine rings is 1. The topological polar surface area (TPSA) is 45.5 Å². The Bertz CT molecular complexity index is 462. The van der Waals surface area contributed by atoms with Crippen LogP contribution in [0.4, 0.5) is 0 Å². The van der Waals surface area contributed by atoms with Gasteiger partial charge in [0.25, 0.3) is 0 Å². The van der Waals surface area contributed by atoms with Crippen molar-refractivity contribution in [1.29, 1.82) is 5.26 Å². The van der Waals surface area contributed by atoms with Crippen molar-refractivity contribution in [3.63, 3.8) is 0 Å². The van der Waals surface area contributed by atoms with Crippen LogP contribution in [0, 0.1) is 11.3 Å². The van der Waals surface area contributed by atoms with E-state index in [1.54, 1.807) is 0 Å². The smallest absolute Gasteiger partial charge is 0.170 e. The van der Waals surface area contributed by atoms with Crippen molar-refractivity contribution in [2.75, 3.05) is 26.3 Å². The minimum absolute atomic E-state index is 0.291. The first-order valence-corrected chi connectivity index (χ1v) is 6.79. The number of ether oxygens (including phenoxy) is 2. The third-order valence-corrected chi connectivity index (χ3v) is 3.92. The van der Waals surface area contributed by atoms with Gasteiger partial charge in [0.1, 0.15) is 0 Å². The van der Waals surface area contributed by atoms with Gasteiger partial charge in [0.15, 0.2) is 5.79 Å². The number of nitrogens with zero attached hydrogens (tertiary/aromatic N) is 2. The molecule has 0 radical (unpaired) electrons. The number of rotatable bonds is 2. The molecule has 2 aliphatic rings. The van der Waals surface area contributed by atoms with Crippen LogP contribution in [0.5, 0.6) is 0 Å². The van der Waals surface area contributed by atoms with E-state index in [0.29, 0.717) is 5.56 Å². The average molecular weight is 258 g/mol. The second-order valence-electron chi connectivity index (χ2n) is 5.19. The molecule has 2 aliphatic heterocycles. The molecule has 0 atom stereocenters. The molecule has 4 nitrogen and oxygen atoms in total. The normalized spacial score (nSPS) is 22.5. The highest BCUT2D eigenvalue weighted by Crippen LogP contribution is 2.31. The lowest BCUT2D eigenvalue weighted by molar-refractivity contribution is -0.185. The van der Waals surface area contributed by atoms with Gasteiger partial charge in [-0.2, -0.15) is 5.26 Å². The molecular formula is C15H18N2O2. The first-order valence-electron chi connectivity index (χ1n) is 6.79. The summed E-state index contributed by atoms with van der Waals surface area (Å²) in [5.41, 5.74) is 1.97. The summed E-state index contributed by atoms with van der Waals surface area (Å²) in [5.74, 6) is -0.291. The molecule has 0 amide bonds. The third kappa shape index (κ3) is 2.79. The Morgan fingerprint density at radius 2 is 1.74 bits per heavy atom. The van der Waals surface area contributed by atoms with Gasteiger partial charge < -0.3 is 9.47 Å². The molecular weight excluding hydrogens is 240 g/mol. The van der Waals surface area contributed by atoms with Crippen LogP contribution in [-0.4, -0.2) is 37.0 Å². The zero-order chi connectivity index (χ0) is 13.1. The van der Waals surface area contributed by atoms with Gasteiger partial charge >= 0.3 is 0 Å². The molecule has 2 fully saturated rings. The maximum Gasteiger partial charge on any atom is 0.170 e. The molecule has 0 saturated carbocycles. The van der Waals surface area contributed by atoms with E-state index in [2.05, 4.69) is 11.0 Å². The van der Waals surface area contributed by atoms with E-state index < -0.39 is 0 Å². The standard InChI is InChI=1S/C15H18N2O2/c16-11-13-1-3-14(4-2-13)12-17-7-5-15(6-8-17)18-9-10-19-15/h1-4H,5-10,12H2. The van der Waals surface area contributed by atoms with E-state index in [-0.39, 0.29) is 5.79 Å². The number of hydrogen-bond acceptors (Lipinski definition) is 4. The molecule has 2 saturated heterocycles. The third-order valence-electron chi connectivity index (χ3n) is 3.92. The van der Waals surface area contributed by atoms with Crippen LogP contribution in [0.1, 0.15) is 24.0 Å². The van der Waals surface area contributed by atoms with E-state index in [4.69, 9.17) is 14.7 Å². The number of nitriles is 1. The maximum absolute atomic E-state index is 8.78. The van der Waals surface area contributed by atoms with Crippen LogP contribution >= 0.6 is 0 Å². The van der Waals surface area contributed by atoms with E-state index in [1.165, 1.54) is 5.56 Å². The van der Waals surface area contributed by atoms with Crippen molar-refractivity contribution in [1.82, 2.24) is 4.90 Å². The molecule has 100 valence electrons. The Morgan fingerprint density at radius 3 is 2.32 bits per heavy atom. The number of hydrogen-bond donors (Lipinski definition) is 0. The summed E-state index contributed by atoms with van der Waals surface area (Å²) in [6.07, 6.45) is 1.90. The fourth-order valence-electron chi connectivity index (χ4n) is 2.78. The molecule has 1 aromatic rings. The Hall–Kier alpha value is -1.41. The lowest BCUT2D eigenvalue weighted by atomic mass is 10.0. The molecule has 2 heterocycles. The lowest BCUT2D eigenvalue weighted by Crippen LogP contribution is -2.44. The highest BCUT2D eigenvalue weighted by atomic mass is 16.7. The molecule has 0 bridgehead atoms. The Morgan fingerprint density at radius 1 is 1.11 bits per heavy atom. The molecule has 1 spiro atoms. The number of benzene rings is 1. The average Bonchev–Trinajstić information content (AvgIpc) is 2.91. The van der Waals surface area contributed by atoms with Crippen molar-refractivity contribution in [2.45, 2.75) is 25.2 Å².